The van der Waals surface area contributed by atoms with Crippen LogP contribution in [0.4, 0.5) is 0 Å². The van der Waals surface area contributed by atoms with Gasteiger partial charge in [0.25, 0.3) is 0 Å². The standard InChI is InChI=1S/C15H22O/c1-10(2)9-14-12(11(3)4)5-6-15-13(14)7-8-16-15/h5-6,10-11H,7-9H2,1-4H3. The maximum absolute atomic E-state index is 5.66. The first kappa shape index (κ1) is 11.5. The summed E-state index contributed by atoms with van der Waals surface area (Å²) >= 11 is 0. The number of rotatable bonds is 3. The minimum atomic E-state index is 0.611. The van der Waals surface area contributed by atoms with E-state index in [0.29, 0.717) is 11.8 Å². The molecule has 1 aliphatic rings. The average molecular weight is 218 g/mol. The molecule has 0 saturated carbocycles. The van der Waals surface area contributed by atoms with Crippen LogP contribution in [0.25, 0.3) is 0 Å². The molecule has 1 aromatic rings. The Morgan fingerprint density at radius 1 is 1.19 bits per heavy atom. The molecule has 0 saturated heterocycles. The maximum Gasteiger partial charge on any atom is 0.122 e. The lowest BCUT2D eigenvalue weighted by atomic mass is 9.87. The van der Waals surface area contributed by atoms with Crippen molar-refractivity contribution in [3.63, 3.8) is 0 Å². The number of fused-ring (bicyclic) bond motifs is 1. The van der Waals surface area contributed by atoms with E-state index in [0.717, 1.165) is 18.8 Å². The second-order valence-electron chi connectivity index (χ2n) is 5.46. The van der Waals surface area contributed by atoms with Gasteiger partial charge >= 0.3 is 0 Å². The summed E-state index contributed by atoms with van der Waals surface area (Å²) in [5, 5.41) is 0. The van der Waals surface area contributed by atoms with Crippen molar-refractivity contribution in [3.8, 4) is 5.75 Å². The number of hydrogen-bond acceptors (Lipinski definition) is 1. The van der Waals surface area contributed by atoms with E-state index in [1.165, 1.54) is 17.5 Å². The van der Waals surface area contributed by atoms with Gasteiger partial charge in [-0.3, -0.25) is 0 Å². The van der Waals surface area contributed by atoms with E-state index < -0.39 is 0 Å². The molecule has 0 bridgehead atoms. The Morgan fingerprint density at radius 2 is 1.94 bits per heavy atom. The first-order chi connectivity index (χ1) is 7.59. The van der Waals surface area contributed by atoms with E-state index in [4.69, 9.17) is 4.74 Å². The molecule has 1 heterocycles. The van der Waals surface area contributed by atoms with Crippen LogP contribution >= 0.6 is 0 Å². The molecule has 16 heavy (non-hydrogen) atoms. The van der Waals surface area contributed by atoms with Crippen molar-refractivity contribution in [2.45, 2.75) is 46.5 Å². The zero-order chi connectivity index (χ0) is 11.7. The Hall–Kier alpha value is -0.980. The van der Waals surface area contributed by atoms with Crippen molar-refractivity contribution >= 4 is 0 Å². The largest absolute Gasteiger partial charge is 0.493 e. The predicted octanol–water partition coefficient (Wildman–Crippen LogP) is 3.94. The van der Waals surface area contributed by atoms with Crippen molar-refractivity contribution in [1.82, 2.24) is 0 Å². The fourth-order valence-corrected chi connectivity index (χ4v) is 2.55. The van der Waals surface area contributed by atoms with Gasteiger partial charge in [-0.05, 0) is 35.4 Å². The van der Waals surface area contributed by atoms with E-state index in [9.17, 15) is 0 Å². The van der Waals surface area contributed by atoms with Gasteiger partial charge in [0, 0.05) is 12.0 Å². The molecule has 0 amide bonds. The first-order valence-corrected chi connectivity index (χ1v) is 6.37. The van der Waals surface area contributed by atoms with Gasteiger partial charge in [0.2, 0.25) is 0 Å². The van der Waals surface area contributed by atoms with Crippen LogP contribution in [0.15, 0.2) is 12.1 Å². The molecule has 0 N–H and O–H groups in total. The molecular weight excluding hydrogens is 196 g/mol. The highest BCUT2D eigenvalue weighted by molar-refractivity contribution is 5.48. The van der Waals surface area contributed by atoms with Gasteiger partial charge in [-0.2, -0.15) is 0 Å². The molecule has 0 aliphatic carbocycles. The van der Waals surface area contributed by atoms with Gasteiger partial charge in [0.1, 0.15) is 5.75 Å². The average Bonchev–Trinajstić information content (AvgIpc) is 2.64. The normalized spacial score (nSPS) is 14.4. The van der Waals surface area contributed by atoms with Gasteiger partial charge in [0.15, 0.2) is 0 Å². The van der Waals surface area contributed by atoms with E-state index in [1.54, 1.807) is 5.56 Å². The lowest BCUT2D eigenvalue weighted by Crippen LogP contribution is -2.04. The lowest BCUT2D eigenvalue weighted by molar-refractivity contribution is 0.357. The van der Waals surface area contributed by atoms with Crippen LogP contribution < -0.4 is 4.74 Å². The van der Waals surface area contributed by atoms with Crippen LogP contribution in [0.3, 0.4) is 0 Å². The Labute approximate surface area is 98.8 Å². The third kappa shape index (κ3) is 2.09. The second kappa shape index (κ2) is 4.48. The van der Waals surface area contributed by atoms with Gasteiger partial charge in [-0.1, -0.05) is 33.8 Å². The summed E-state index contributed by atoms with van der Waals surface area (Å²) in [6.07, 6.45) is 2.28. The van der Waals surface area contributed by atoms with Crippen LogP contribution in [0.2, 0.25) is 0 Å². The fraction of sp³-hybridized carbons (Fsp3) is 0.600. The highest BCUT2D eigenvalue weighted by atomic mass is 16.5. The quantitative estimate of drug-likeness (QED) is 0.746. The number of ether oxygens (including phenoxy) is 1. The first-order valence-electron chi connectivity index (χ1n) is 6.37. The van der Waals surface area contributed by atoms with Crippen LogP contribution in [0, 0.1) is 5.92 Å². The van der Waals surface area contributed by atoms with Gasteiger partial charge < -0.3 is 4.74 Å². The van der Waals surface area contributed by atoms with Gasteiger partial charge in [-0.25, -0.2) is 0 Å². The summed E-state index contributed by atoms with van der Waals surface area (Å²) in [7, 11) is 0. The highest BCUT2D eigenvalue weighted by Gasteiger charge is 2.20. The molecule has 0 aromatic heterocycles. The molecule has 1 nitrogen and oxygen atoms in total. The van der Waals surface area contributed by atoms with E-state index in [1.807, 2.05) is 0 Å². The summed E-state index contributed by atoms with van der Waals surface area (Å²) in [5.41, 5.74) is 4.54. The van der Waals surface area contributed by atoms with Crippen molar-refractivity contribution < 1.29 is 4.74 Å². The Morgan fingerprint density at radius 3 is 2.56 bits per heavy atom. The van der Waals surface area contributed by atoms with Crippen LogP contribution in [0.1, 0.15) is 50.3 Å². The summed E-state index contributed by atoms with van der Waals surface area (Å²) in [6.45, 7) is 10.0. The summed E-state index contributed by atoms with van der Waals surface area (Å²) in [6, 6.07) is 4.41. The summed E-state index contributed by atoms with van der Waals surface area (Å²) in [4.78, 5) is 0. The molecule has 0 atom stereocenters. The van der Waals surface area contributed by atoms with Crippen LogP contribution in [-0.2, 0) is 12.8 Å². The molecule has 1 heteroatoms. The smallest absolute Gasteiger partial charge is 0.122 e. The summed E-state index contributed by atoms with van der Waals surface area (Å²) < 4.78 is 5.66. The molecule has 2 rings (SSSR count). The lowest BCUT2D eigenvalue weighted by Gasteiger charge is -2.17. The molecule has 1 aliphatic heterocycles. The third-order valence-electron chi connectivity index (χ3n) is 3.27. The molecular formula is C15H22O. The zero-order valence-corrected chi connectivity index (χ0v) is 10.8. The SMILES string of the molecule is CC(C)Cc1c(C(C)C)ccc2c1CCO2. The summed E-state index contributed by atoms with van der Waals surface area (Å²) in [5.74, 6) is 2.45. The maximum atomic E-state index is 5.66. The molecule has 0 unspecified atom stereocenters. The van der Waals surface area contributed by atoms with E-state index in [-0.39, 0.29) is 0 Å². The molecule has 0 fully saturated rings. The zero-order valence-electron chi connectivity index (χ0n) is 10.8. The van der Waals surface area contributed by atoms with E-state index in [2.05, 4.69) is 39.8 Å². The Bertz CT molecular complexity index is 377. The molecule has 1 aromatic carbocycles. The highest BCUT2D eigenvalue weighted by Crippen LogP contribution is 2.35. The van der Waals surface area contributed by atoms with Crippen molar-refractivity contribution in [3.05, 3.63) is 28.8 Å². The van der Waals surface area contributed by atoms with Crippen molar-refractivity contribution in [1.29, 1.82) is 0 Å². The monoisotopic (exact) mass is 218 g/mol. The topological polar surface area (TPSA) is 9.23 Å². The fourth-order valence-electron chi connectivity index (χ4n) is 2.55. The number of hydrogen-bond donors (Lipinski definition) is 0. The molecule has 88 valence electrons. The molecule has 0 radical (unpaired) electrons. The Kier molecular flexibility index (Phi) is 3.22. The minimum absolute atomic E-state index is 0.611. The van der Waals surface area contributed by atoms with Gasteiger partial charge in [0.05, 0.1) is 6.61 Å². The second-order valence-corrected chi connectivity index (χ2v) is 5.46. The predicted molar refractivity (Wildman–Crippen MR) is 68.3 cm³/mol. The van der Waals surface area contributed by atoms with Crippen molar-refractivity contribution in [2.75, 3.05) is 6.61 Å². The van der Waals surface area contributed by atoms with Crippen LogP contribution in [0.5, 0.6) is 5.75 Å². The minimum Gasteiger partial charge on any atom is -0.493 e. The molecule has 0 spiro atoms. The van der Waals surface area contributed by atoms with Gasteiger partial charge in [-0.15, -0.1) is 0 Å². The number of benzene rings is 1. The van der Waals surface area contributed by atoms with Crippen molar-refractivity contribution in [2.24, 2.45) is 5.92 Å². The van der Waals surface area contributed by atoms with Crippen LogP contribution in [-0.4, -0.2) is 6.61 Å². The third-order valence-corrected chi connectivity index (χ3v) is 3.27. The Balaban J connectivity index is 2.46. The van der Waals surface area contributed by atoms with E-state index >= 15 is 0 Å².